The van der Waals surface area contributed by atoms with Crippen LogP contribution in [0.2, 0.25) is 0 Å². The van der Waals surface area contributed by atoms with Crippen molar-refractivity contribution in [3.63, 3.8) is 0 Å². The van der Waals surface area contributed by atoms with Crippen molar-refractivity contribution in [1.29, 1.82) is 0 Å². The van der Waals surface area contributed by atoms with Crippen LogP contribution in [-0.2, 0) is 0 Å². The second kappa shape index (κ2) is 6.83. The second-order valence-corrected chi connectivity index (χ2v) is 4.66. The fraction of sp³-hybridized carbons (Fsp3) is 0.312. The number of ether oxygens (including phenoxy) is 1. The van der Waals surface area contributed by atoms with Crippen LogP contribution in [0.15, 0.2) is 42.9 Å². The van der Waals surface area contributed by atoms with Crippen molar-refractivity contribution >= 4 is 5.91 Å². The lowest BCUT2D eigenvalue weighted by Gasteiger charge is -2.25. The van der Waals surface area contributed by atoms with Crippen molar-refractivity contribution in [2.24, 2.45) is 0 Å². The summed E-state index contributed by atoms with van der Waals surface area (Å²) in [5, 5.41) is 0. The predicted molar refractivity (Wildman–Crippen MR) is 80.2 cm³/mol. The van der Waals surface area contributed by atoms with Gasteiger partial charge in [-0.25, -0.2) is 4.98 Å². The molecule has 2 aromatic rings. The molecule has 2 rings (SSSR count). The monoisotopic (exact) mass is 285 g/mol. The normalized spacial score (nSPS) is 11.8. The Hall–Kier alpha value is -2.43. The van der Waals surface area contributed by atoms with E-state index in [9.17, 15) is 4.79 Å². The molecule has 0 saturated carbocycles. The van der Waals surface area contributed by atoms with Gasteiger partial charge in [-0.3, -0.25) is 9.78 Å². The number of hydrogen-bond acceptors (Lipinski definition) is 4. The first-order chi connectivity index (χ1) is 10.1. The Morgan fingerprint density at radius 1 is 1.29 bits per heavy atom. The maximum absolute atomic E-state index is 12.6. The highest BCUT2D eigenvalue weighted by molar-refractivity contribution is 5.96. The molecule has 0 aromatic carbocycles. The zero-order valence-electron chi connectivity index (χ0n) is 12.5. The molecule has 5 heteroatoms. The van der Waals surface area contributed by atoms with Crippen molar-refractivity contribution in [3.05, 3.63) is 54.0 Å². The Kier molecular flexibility index (Phi) is 4.87. The fourth-order valence-corrected chi connectivity index (χ4v) is 2.04. The number of nitrogens with zero attached hydrogens (tertiary/aromatic N) is 3. The van der Waals surface area contributed by atoms with Gasteiger partial charge in [0, 0.05) is 25.6 Å². The van der Waals surface area contributed by atoms with Gasteiger partial charge in [-0.05, 0) is 43.7 Å². The number of hydrogen-bond donors (Lipinski definition) is 0. The zero-order valence-corrected chi connectivity index (χ0v) is 12.5. The standard InChI is InChI=1S/C16H19N3O2/c1-4-21-15-14(6-5-9-18-15)16(20)19(3)12(2)13-7-10-17-11-8-13/h5-12H,4H2,1-3H3/t12-/m0/s1. The summed E-state index contributed by atoms with van der Waals surface area (Å²) in [6.07, 6.45) is 5.06. The summed E-state index contributed by atoms with van der Waals surface area (Å²) in [6.45, 7) is 4.32. The summed E-state index contributed by atoms with van der Waals surface area (Å²) in [6, 6.07) is 7.22. The van der Waals surface area contributed by atoms with Crippen LogP contribution in [0.3, 0.4) is 0 Å². The van der Waals surface area contributed by atoms with E-state index in [1.54, 1.807) is 42.7 Å². The SMILES string of the molecule is CCOc1ncccc1C(=O)N(C)[C@@H](C)c1ccncc1. The van der Waals surface area contributed by atoms with Crippen molar-refractivity contribution < 1.29 is 9.53 Å². The minimum absolute atomic E-state index is 0.0600. The highest BCUT2D eigenvalue weighted by Gasteiger charge is 2.22. The lowest BCUT2D eigenvalue weighted by molar-refractivity contribution is 0.0737. The van der Waals surface area contributed by atoms with E-state index in [2.05, 4.69) is 9.97 Å². The van der Waals surface area contributed by atoms with Gasteiger partial charge in [0.2, 0.25) is 5.88 Å². The van der Waals surface area contributed by atoms with E-state index in [1.165, 1.54) is 0 Å². The van der Waals surface area contributed by atoms with Crippen molar-refractivity contribution in [2.45, 2.75) is 19.9 Å². The van der Waals surface area contributed by atoms with Crippen LogP contribution in [0.1, 0.15) is 35.8 Å². The van der Waals surface area contributed by atoms with Crippen LogP contribution in [0, 0.1) is 0 Å². The van der Waals surface area contributed by atoms with Gasteiger partial charge in [0.15, 0.2) is 0 Å². The van der Waals surface area contributed by atoms with E-state index in [1.807, 2.05) is 26.0 Å². The van der Waals surface area contributed by atoms with Crippen molar-refractivity contribution in [1.82, 2.24) is 14.9 Å². The molecule has 2 aromatic heterocycles. The predicted octanol–water partition coefficient (Wildman–Crippen LogP) is 2.71. The number of rotatable bonds is 5. The first kappa shape index (κ1) is 15.0. The average molecular weight is 285 g/mol. The van der Waals surface area contributed by atoms with E-state index in [0.717, 1.165) is 5.56 Å². The van der Waals surface area contributed by atoms with Crippen molar-refractivity contribution in [3.8, 4) is 5.88 Å². The summed E-state index contributed by atoms with van der Waals surface area (Å²) in [7, 11) is 1.77. The zero-order chi connectivity index (χ0) is 15.2. The molecule has 0 saturated heterocycles. The molecule has 21 heavy (non-hydrogen) atoms. The van der Waals surface area contributed by atoms with Crippen molar-refractivity contribution in [2.75, 3.05) is 13.7 Å². The lowest BCUT2D eigenvalue weighted by Crippen LogP contribution is -2.30. The third kappa shape index (κ3) is 3.37. The molecule has 0 aliphatic carbocycles. The summed E-state index contributed by atoms with van der Waals surface area (Å²) in [5.41, 5.74) is 1.51. The number of carbonyl (C=O) groups is 1. The molecule has 110 valence electrons. The summed E-state index contributed by atoms with van der Waals surface area (Å²) >= 11 is 0. The topological polar surface area (TPSA) is 55.3 Å². The maximum atomic E-state index is 12.6. The molecule has 1 amide bonds. The third-order valence-electron chi connectivity index (χ3n) is 3.37. The molecule has 1 atom stereocenters. The molecular formula is C16H19N3O2. The molecule has 5 nitrogen and oxygen atoms in total. The molecular weight excluding hydrogens is 266 g/mol. The van der Waals surface area contributed by atoms with Crippen LogP contribution in [-0.4, -0.2) is 34.4 Å². The fourth-order valence-electron chi connectivity index (χ4n) is 2.04. The van der Waals surface area contributed by atoms with Crippen LogP contribution in [0.5, 0.6) is 5.88 Å². The third-order valence-corrected chi connectivity index (χ3v) is 3.37. The quantitative estimate of drug-likeness (QED) is 0.847. The number of amides is 1. The smallest absolute Gasteiger partial charge is 0.259 e. The molecule has 0 spiro atoms. The van der Waals surface area contributed by atoms with Crippen LogP contribution < -0.4 is 4.74 Å². The summed E-state index contributed by atoms with van der Waals surface area (Å²) in [5.74, 6) is 0.259. The highest BCUT2D eigenvalue weighted by atomic mass is 16.5. The molecule has 0 radical (unpaired) electrons. The van der Waals surface area contributed by atoms with Gasteiger partial charge in [-0.15, -0.1) is 0 Å². The van der Waals surface area contributed by atoms with Crippen LogP contribution in [0.25, 0.3) is 0 Å². The van der Waals surface area contributed by atoms with Gasteiger partial charge in [0.05, 0.1) is 12.6 Å². The molecule has 0 fully saturated rings. The van der Waals surface area contributed by atoms with E-state index >= 15 is 0 Å². The molecule has 0 N–H and O–H groups in total. The maximum Gasteiger partial charge on any atom is 0.259 e. The van der Waals surface area contributed by atoms with Gasteiger partial charge in [-0.2, -0.15) is 0 Å². The second-order valence-electron chi connectivity index (χ2n) is 4.66. The summed E-state index contributed by atoms with van der Waals surface area (Å²) in [4.78, 5) is 22.4. The number of carbonyl (C=O) groups excluding carboxylic acids is 1. The van der Waals surface area contributed by atoms with Gasteiger partial charge < -0.3 is 9.64 Å². The lowest BCUT2D eigenvalue weighted by atomic mass is 10.1. The van der Waals surface area contributed by atoms with Gasteiger partial charge in [0.1, 0.15) is 5.56 Å². The minimum Gasteiger partial charge on any atom is -0.477 e. The first-order valence-electron chi connectivity index (χ1n) is 6.90. The Morgan fingerprint density at radius 3 is 2.67 bits per heavy atom. The largest absolute Gasteiger partial charge is 0.477 e. The summed E-state index contributed by atoms with van der Waals surface area (Å²) < 4.78 is 5.43. The number of pyridine rings is 2. The van der Waals surface area contributed by atoms with Gasteiger partial charge in [0.25, 0.3) is 5.91 Å². The van der Waals surface area contributed by atoms with Crippen LogP contribution in [0.4, 0.5) is 0 Å². The van der Waals surface area contributed by atoms with E-state index < -0.39 is 0 Å². The first-order valence-corrected chi connectivity index (χ1v) is 6.90. The Balaban J connectivity index is 2.23. The van der Waals surface area contributed by atoms with Crippen LogP contribution >= 0.6 is 0 Å². The van der Waals surface area contributed by atoms with Gasteiger partial charge in [-0.1, -0.05) is 0 Å². The molecule has 0 aliphatic heterocycles. The van der Waals surface area contributed by atoms with E-state index in [4.69, 9.17) is 4.74 Å². The minimum atomic E-state index is -0.115. The molecule has 0 bridgehead atoms. The van der Waals surface area contributed by atoms with E-state index in [-0.39, 0.29) is 11.9 Å². The average Bonchev–Trinajstić information content (AvgIpc) is 2.54. The molecule has 0 unspecified atom stereocenters. The Bertz CT molecular complexity index is 601. The Morgan fingerprint density at radius 2 is 2.00 bits per heavy atom. The Labute approximate surface area is 124 Å². The van der Waals surface area contributed by atoms with Gasteiger partial charge >= 0.3 is 0 Å². The number of aromatic nitrogens is 2. The van der Waals surface area contributed by atoms with E-state index in [0.29, 0.717) is 18.1 Å². The molecule has 0 aliphatic rings. The molecule has 2 heterocycles. The highest BCUT2D eigenvalue weighted by Crippen LogP contribution is 2.23.